The summed E-state index contributed by atoms with van der Waals surface area (Å²) >= 11 is 3.59. The van der Waals surface area contributed by atoms with Crippen LogP contribution in [0.2, 0.25) is 0 Å². The number of aromatic nitrogens is 2. The smallest absolute Gasteiger partial charge is 0.153 e. The number of sulfone groups is 1. The van der Waals surface area contributed by atoms with Crippen LogP contribution in [0.25, 0.3) is 10.9 Å². The Morgan fingerprint density at radius 1 is 1.11 bits per heavy atom. The number of hydrogen-bond donors (Lipinski definition) is 2. The van der Waals surface area contributed by atoms with Gasteiger partial charge in [0.2, 0.25) is 0 Å². The zero-order chi connectivity index (χ0) is 31.3. The van der Waals surface area contributed by atoms with Crippen molar-refractivity contribution in [3.05, 3.63) is 101 Å². The number of benzene rings is 3. The van der Waals surface area contributed by atoms with Gasteiger partial charge in [-0.3, -0.25) is 0 Å². The molecule has 0 spiro atoms. The van der Waals surface area contributed by atoms with Crippen LogP contribution in [0.3, 0.4) is 0 Å². The summed E-state index contributed by atoms with van der Waals surface area (Å²) in [5.74, 6) is 1.02. The van der Waals surface area contributed by atoms with Crippen molar-refractivity contribution in [1.29, 1.82) is 0 Å². The van der Waals surface area contributed by atoms with Gasteiger partial charge in [-0.1, -0.05) is 25.1 Å². The van der Waals surface area contributed by atoms with Crippen LogP contribution >= 0.6 is 15.9 Å². The summed E-state index contributed by atoms with van der Waals surface area (Å²) in [6.45, 7) is 6.05. The summed E-state index contributed by atoms with van der Waals surface area (Å²) in [5, 5.41) is 7.28. The van der Waals surface area contributed by atoms with E-state index < -0.39 is 20.7 Å². The molecule has 44 heavy (non-hydrogen) atoms. The minimum absolute atomic E-state index is 0.0640. The molecule has 0 saturated carbocycles. The summed E-state index contributed by atoms with van der Waals surface area (Å²) in [7, 11) is -3.17. The van der Waals surface area contributed by atoms with E-state index in [9.17, 15) is 12.8 Å². The van der Waals surface area contributed by atoms with Crippen molar-refractivity contribution in [3.8, 4) is 5.75 Å². The Morgan fingerprint density at radius 3 is 2.66 bits per heavy atom. The Balaban J connectivity index is 1.37. The highest BCUT2D eigenvalue weighted by Crippen LogP contribution is 2.41. The van der Waals surface area contributed by atoms with Crippen molar-refractivity contribution in [1.82, 2.24) is 15.3 Å². The maximum absolute atomic E-state index is 13.5. The van der Waals surface area contributed by atoms with Crippen molar-refractivity contribution >= 4 is 48.2 Å². The number of ether oxygens (including phenoxy) is 2. The van der Waals surface area contributed by atoms with Crippen LogP contribution in [0.1, 0.15) is 44.7 Å². The third-order valence-corrected chi connectivity index (χ3v) is 10.7. The number of nitrogens with zero attached hydrogens (tertiary/aromatic N) is 2. The molecule has 2 unspecified atom stereocenters. The number of nitrogens with one attached hydrogen (secondary N) is 2. The average Bonchev–Trinajstić information content (AvgIpc) is 3.50. The first-order valence-corrected chi connectivity index (χ1v) is 17.1. The first kappa shape index (κ1) is 31.9. The van der Waals surface area contributed by atoms with Gasteiger partial charge in [0.15, 0.2) is 15.4 Å². The SMILES string of the molecule is CCC(NCCS(=O)(=O)C(C)C)C1(c2ccc3ncnc(Nc4ccc(OCc5cccc(F)c5)c(Br)c4)c3c2)CC=CO1. The summed E-state index contributed by atoms with van der Waals surface area (Å²) in [5.41, 5.74) is 2.53. The van der Waals surface area contributed by atoms with E-state index in [0.29, 0.717) is 24.5 Å². The van der Waals surface area contributed by atoms with E-state index in [-0.39, 0.29) is 24.2 Å². The van der Waals surface area contributed by atoms with Crippen molar-refractivity contribution in [2.45, 2.75) is 57.1 Å². The molecule has 232 valence electrons. The van der Waals surface area contributed by atoms with Gasteiger partial charge < -0.3 is 20.1 Å². The van der Waals surface area contributed by atoms with E-state index in [0.717, 1.165) is 38.6 Å². The van der Waals surface area contributed by atoms with Crippen molar-refractivity contribution in [2.24, 2.45) is 0 Å². The fourth-order valence-corrected chi connectivity index (χ4v) is 6.71. The fraction of sp³-hybridized carbons (Fsp3) is 0.333. The van der Waals surface area contributed by atoms with Crippen LogP contribution in [0.5, 0.6) is 5.75 Å². The van der Waals surface area contributed by atoms with Gasteiger partial charge in [-0.15, -0.1) is 0 Å². The molecule has 0 saturated heterocycles. The topological polar surface area (TPSA) is 102 Å². The zero-order valence-electron chi connectivity index (χ0n) is 24.9. The van der Waals surface area contributed by atoms with Gasteiger partial charge in [-0.05, 0) is 95.9 Å². The van der Waals surface area contributed by atoms with E-state index in [1.54, 1.807) is 26.2 Å². The maximum atomic E-state index is 13.5. The Morgan fingerprint density at radius 2 is 1.95 bits per heavy atom. The molecule has 1 aliphatic heterocycles. The van der Waals surface area contributed by atoms with E-state index in [1.165, 1.54) is 18.5 Å². The summed E-state index contributed by atoms with van der Waals surface area (Å²) < 4.78 is 51.3. The van der Waals surface area contributed by atoms with Crippen molar-refractivity contribution < 1.29 is 22.3 Å². The molecular formula is C33H36BrFN4O4S. The quantitative estimate of drug-likeness (QED) is 0.153. The van der Waals surface area contributed by atoms with E-state index >= 15 is 0 Å². The van der Waals surface area contributed by atoms with Gasteiger partial charge in [-0.25, -0.2) is 22.8 Å². The second kappa shape index (κ2) is 13.6. The normalized spacial score (nSPS) is 17.1. The van der Waals surface area contributed by atoms with Crippen LogP contribution in [0, 0.1) is 5.82 Å². The van der Waals surface area contributed by atoms with Gasteiger partial charge in [-0.2, -0.15) is 0 Å². The lowest BCUT2D eigenvalue weighted by Crippen LogP contribution is -2.49. The molecule has 0 radical (unpaired) electrons. The zero-order valence-corrected chi connectivity index (χ0v) is 27.3. The highest BCUT2D eigenvalue weighted by atomic mass is 79.9. The maximum Gasteiger partial charge on any atom is 0.153 e. The van der Waals surface area contributed by atoms with Gasteiger partial charge in [0.1, 0.15) is 30.3 Å². The molecule has 0 aliphatic carbocycles. The molecule has 0 fully saturated rings. The van der Waals surface area contributed by atoms with Crippen molar-refractivity contribution in [2.75, 3.05) is 17.6 Å². The first-order valence-electron chi connectivity index (χ1n) is 14.6. The summed E-state index contributed by atoms with van der Waals surface area (Å²) in [4.78, 5) is 9.02. The molecule has 0 amide bonds. The molecule has 1 aliphatic rings. The standard InChI is InChI=1S/C33H36BrFN4O4S/c1-4-31(36-14-16-44(40,41)22(2)3)33(13-6-15-43-33)24-9-11-29-27(18-24)32(38-21-37-29)39-26-10-12-30(28(34)19-26)42-20-23-7-5-8-25(35)17-23/h5-12,15,17-19,21-22,31,36H,4,13-14,16,20H2,1-3H3,(H,37,38,39). The van der Waals surface area contributed by atoms with Crippen LogP contribution in [0.4, 0.5) is 15.9 Å². The molecule has 3 aromatic carbocycles. The monoisotopic (exact) mass is 682 g/mol. The summed E-state index contributed by atoms with van der Waals surface area (Å²) in [6, 6.07) is 17.8. The predicted molar refractivity (Wildman–Crippen MR) is 175 cm³/mol. The van der Waals surface area contributed by atoms with Gasteiger partial charge in [0.25, 0.3) is 0 Å². The third-order valence-electron chi connectivity index (χ3n) is 7.86. The second-order valence-electron chi connectivity index (χ2n) is 11.1. The largest absolute Gasteiger partial charge is 0.489 e. The van der Waals surface area contributed by atoms with Crippen molar-refractivity contribution in [3.63, 3.8) is 0 Å². The average molecular weight is 684 g/mol. The number of halogens is 2. The molecule has 1 aromatic heterocycles. The molecule has 5 rings (SSSR count). The number of anilines is 2. The van der Waals surface area contributed by atoms with Crippen LogP contribution in [0.15, 0.2) is 83.8 Å². The van der Waals surface area contributed by atoms with E-state index in [4.69, 9.17) is 9.47 Å². The Hall–Kier alpha value is -3.54. The van der Waals surface area contributed by atoms with E-state index in [1.807, 2.05) is 48.5 Å². The van der Waals surface area contributed by atoms with Gasteiger partial charge in [0.05, 0.1) is 33.3 Å². The van der Waals surface area contributed by atoms with Crippen LogP contribution in [-0.2, 0) is 26.8 Å². The van der Waals surface area contributed by atoms with Gasteiger partial charge in [0, 0.05) is 24.0 Å². The van der Waals surface area contributed by atoms with Crippen LogP contribution < -0.4 is 15.4 Å². The lowest BCUT2D eigenvalue weighted by Gasteiger charge is -2.38. The lowest BCUT2D eigenvalue weighted by molar-refractivity contribution is 0.00158. The molecule has 8 nitrogen and oxygen atoms in total. The highest BCUT2D eigenvalue weighted by Gasteiger charge is 2.43. The van der Waals surface area contributed by atoms with E-state index in [2.05, 4.69) is 43.5 Å². The fourth-order valence-electron chi connectivity index (χ4n) is 5.34. The molecule has 0 bridgehead atoms. The van der Waals surface area contributed by atoms with Crippen LogP contribution in [-0.4, -0.2) is 42.0 Å². The lowest BCUT2D eigenvalue weighted by atomic mass is 9.82. The molecular weight excluding hydrogens is 647 g/mol. The predicted octanol–water partition coefficient (Wildman–Crippen LogP) is 7.17. The van der Waals surface area contributed by atoms with Gasteiger partial charge >= 0.3 is 0 Å². The minimum atomic E-state index is -3.17. The number of fused-ring (bicyclic) bond motifs is 1. The molecule has 4 aromatic rings. The second-order valence-corrected chi connectivity index (χ2v) is 14.6. The molecule has 11 heteroatoms. The highest BCUT2D eigenvalue weighted by molar-refractivity contribution is 9.10. The molecule has 2 atom stereocenters. The Kier molecular flexibility index (Phi) is 9.87. The summed E-state index contributed by atoms with van der Waals surface area (Å²) in [6.07, 6.45) is 6.61. The molecule has 2 heterocycles. The Labute approximate surface area is 266 Å². The number of hydrogen-bond acceptors (Lipinski definition) is 8. The molecule has 2 N–H and O–H groups in total. The first-order chi connectivity index (χ1) is 21.1. The minimum Gasteiger partial charge on any atom is -0.489 e. The Bertz CT molecular complexity index is 1760. The third kappa shape index (κ3) is 7.06. The number of rotatable bonds is 13.